The predicted octanol–water partition coefficient (Wildman–Crippen LogP) is 3.18. The third-order valence-corrected chi connectivity index (χ3v) is 5.66. The number of aryl methyl sites for hydroxylation is 2. The van der Waals surface area contributed by atoms with Gasteiger partial charge in [0.15, 0.2) is 5.82 Å². The summed E-state index contributed by atoms with van der Waals surface area (Å²) in [5.41, 5.74) is 1.80. The zero-order valence-corrected chi connectivity index (χ0v) is 18.5. The van der Waals surface area contributed by atoms with E-state index >= 15 is 0 Å². The minimum absolute atomic E-state index is 0.0247. The molecule has 31 heavy (non-hydrogen) atoms. The Hall–Kier alpha value is -3.07. The Balaban J connectivity index is 1.44. The molecule has 0 unspecified atom stereocenters. The van der Waals surface area contributed by atoms with Crippen LogP contribution in [0.15, 0.2) is 28.7 Å². The maximum atomic E-state index is 12.9. The Bertz CT molecular complexity index is 1110. The monoisotopic (exact) mass is 441 g/mol. The molecule has 1 saturated heterocycles. The molecule has 2 aromatic heterocycles. The standard InChI is InChI=1S/C21H24ClN7O2/c1-13-10-17(21-25-24-15(3)31-21)8-9-28(13)20(30)7-5-16-4-6-19(22)11-18(16)12-29-26-14(2)23-27-29/h4-7,11,13,17H,8-10,12H2,1-3H3/t13-,17-/m1/s1. The van der Waals surface area contributed by atoms with Crippen LogP contribution in [-0.2, 0) is 11.3 Å². The van der Waals surface area contributed by atoms with Gasteiger partial charge >= 0.3 is 0 Å². The first kappa shape index (κ1) is 21.2. The number of amides is 1. The first-order valence-electron chi connectivity index (χ1n) is 10.2. The van der Waals surface area contributed by atoms with E-state index in [4.69, 9.17) is 16.0 Å². The van der Waals surface area contributed by atoms with Gasteiger partial charge in [0.25, 0.3) is 0 Å². The molecule has 2 atom stereocenters. The average molecular weight is 442 g/mol. The molecule has 0 N–H and O–H groups in total. The van der Waals surface area contributed by atoms with Gasteiger partial charge in [0, 0.05) is 36.5 Å². The molecule has 0 radical (unpaired) electrons. The van der Waals surface area contributed by atoms with Crippen molar-refractivity contribution in [1.29, 1.82) is 0 Å². The Labute approximate surface area is 185 Å². The van der Waals surface area contributed by atoms with E-state index < -0.39 is 0 Å². The van der Waals surface area contributed by atoms with E-state index in [2.05, 4.69) is 25.6 Å². The lowest BCUT2D eigenvalue weighted by molar-refractivity contribution is -0.129. The van der Waals surface area contributed by atoms with Crippen LogP contribution in [0, 0.1) is 13.8 Å². The molecule has 162 valence electrons. The Kier molecular flexibility index (Phi) is 6.13. The fourth-order valence-electron chi connectivity index (χ4n) is 3.87. The van der Waals surface area contributed by atoms with Crippen LogP contribution in [0.4, 0.5) is 0 Å². The SMILES string of the molecule is Cc1nnn(Cc2cc(Cl)ccc2C=CC(=O)N2CC[C@@H](c3nnc(C)o3)C[C@H]2C)n1. The van der Waals surface area contributed by atoms with Gasteiger partial charge in [0.1, 0.15) is 0 Å². The number of piperidine rings is 1. The molecular weight excluding hydrogens is 418 g/mol. The number of rotatable bonds is 5. The molecule has 4 rings (SSSR count). The number of carbonyl (C=O) groups excluding carboxylic acids is 1. The zero-order chi connectivity index (χ0) is 22.0. The Morgan fingerprint density at radius 3 is 2.81 bits per heavy atom. The highest BCUT2D eigenvalue weighted by Gasteiger charge is 2.31. The van der Waals surface area contributed by atoms with Gasteiger partial charge in [0.05, 0.1) is 6.54 Å². The Morgan fingerprint density at radius 2 is 2.13 bits per heavy atom. The van der Waals surface area contributed by atoms with Gasteiger partial charge in [0.2, 0.25) is 17.7 Å². The van der Waals surface area contributed by atoms with Crippen LogP contribution >= 0.6 is 11.6 Å². The highest BCUT2D eigenvalue weighted by Crippen LogP contribution is 2.31. The van der Waals surface area contributed by atoms with Gasteiger partial charge in [-0.15, -0.1) is 20.4 Å². The molecule has 0 saturated carbocycles. The van der Waals surface area contributed by atoms with Gasteiger partial charge in [-0.1, -0.05) is 17.7 Å². The lowest BCUT2D eigenvalue weighted by Crippen LogP contribution is -2.43. The van der Waals surface area contributed by atoms with E-state index in [1.807, 2.05) is 30.0 Å². The van der Waals surface area contributed by atoms with Crippen LogP contribution in [0.25, 0.3) is 6.08 Å². The minimum atomic E-state index is -0.0247. The van der Waals surface area contributed by atoms with Gasteiger partial charge in [-0.2, -0.15) is 4.80 Å². The van der Waals surface area contributed by atoms with Crippen LogP contribution in [-0.4, -0.2) is 53.8 Å². The quantitative estimate of drug-likeness (QED) is 0.560. The average Bonchev–Trinajstić information content (AvgIpc) is 3.35. The summed E-state index contributed by atoms with van der Waals surface area (Å²) in [4.78, 5) is 16.3. The van der Waals surface area contributed by atoms with Crippen molar-refractivity contribution >= 4 is 23.6 Å². The van der Waals surface area contributed by atoms with Crippen LogP contribution < -0.4 is 0 Å². The zero-order valence-electron chi connectivity index (χ0n) is 17.7. The van der Waals surface area contributed by atoms with Crippen molar-refractivity contribution < 1.29 is 9.21 Å². The number of benzene rings is 1. The van der Waals surface area contributed by atoms with Gasteiger partial charge in [-0.25, -0.2) is 0 Å². The molecule has 9 nitrogen and oxygen atoms in total. The molecule has 1 aliphatic heterocycles. The summed E-state index contributed by atoms with van der Waals surface area (Å²) in [6.45, 7) is 6.68. The van der Waals surface area contributed by atoms with Crippen LogP contribution in [0.2, 0.25) is 5.02 Å². The number of carbonyl (C=O) groups is 1. The summed E-state index contributed by atoms with van der Waals surface area (Å²) in [6.07, 6.45) is 5.03. The van der Waals surface area contributed by atoms with E-state index in [0.29, 0.717) is 35.7 Å². The van der Waals surface area contributed by atoms with Crippen LogP contribution in [0.3, 0.4) is 0 Å². The predicted molar refractivity (Wildman–Crippen MR) is 114 cm³/mol. The molecular formula is C21H24ClN7O2. The molecule has 3 aromatic rings. The van der Waals surface area contributed by atoms with Gasteiger partial charge in [-0.05, 0) is 61.2 Å². The fraction of sp³-hybridized carbons (Fsp3) is 0.429. The molecule has 0 spiro atoms. The van der Waals surface area contributed by atoms with Crippen molar-refractivity contribution in [2.24, 2.45) is 0 Å². The lowest BCUT2D eigenvalue weighted by atomic mass is 9.91. The van der Waals surface area contributed by atoms with E-state index in [1.54, 1.807) is 26.0 Å². The number of hydrogen-bond donors (Lipinski definition) is 0. The third-order valence-electron chi connectivity index (χ3n) is 5.43. The smallest absolute Gasteiger partial charge is 0.246 e. The number of aromatic nitrogens is 6. The first-order valence-corrected chi connectivity index (χ1v) is 10.6. The summed E-state index contributed by atoms with van der Waals surface area (Å²) in [7, 11) is 0. The first-order chi connectivity index (χ1) is 14.9. The molecule has 1 fully saturated rings. The summed E-state index contributed by atoms with van der Waals surface area (Å²) in [6, 6.07) is 5.62. The highest BCUT2D eigenvalue weighted by molar-refractivity contribution is 6.30. The van der Waals surface area contributed by atoms with Crippen LogP contribution in [0.1, 0.15) is 54.4 Å². The Morgan fingerprint density at radius 1 is 1.29 bits per heavy atom. The maximum absolute atomic E-state index is 12.9. The molecule has 1 aliphatic rings. The minimum Gasteiger partial charge on any atom is -0.425 e. The summed E-state index contributed by atoms with van der Waals surface area (Å²) in [5, 5.41) is 20.8. The number of halogens is 1. The topological polar surface area (TPSA) is 103 Å². The second-order valence-electron chi connectivity index (χ2n) is 7.80. The maximum Gasteiger partial charge on any atom is 0.246 e. The van der Waals surface area contributed by atoms with Crippen molar-refractivity contribution in [3.8, 4) is 0 Å². The summed E-state index contributed by atoms with van der Waals surface area (Å²) in [5.74, 6) is 1.99. The van der Waals surface area contributed by atoms with Crippen molar-refractivity contribution in [3.05, 3.63) is 58.0 Å². The van der Waals surface area contributed by atoms with E-state index in [0.717, 1.165) is 24.0 Å². The lowest BCUT2D eigenvalue weighted by Gasteiger charge is -2.35. The third kappa shape index (κ3) is 4.99. The molecule has 3 heterocycles. The molecule has 1 aromatic carbocycles. The van der Waals surface area contributed by atoms with E-state index in [9.17, 15) is 4.79 Å². The summed E-state index contributed by atoms with van der Waals surface area (Å²) >= 11 is 6.18. The summed E-state index contributed by atoms with van der Waals surface area (Å²) < 4.78 is 5.58. The highest BCUT2D eigenvalue weighted by atomic mass is 35.5. The fourth-order valence-corrected chi connectivity index (χ4v) is 4.07. The number of likely N-dealkylation sites (tertiary alicyclic amines) is 1. The van der Waals surface area contributed by atoms with E-state index in [1.165, 1.54) is 4.80 Å². The van der Waals surface area contributed by atoms with Crippen molar-refractivity contribution in [2.45, 2.75) is 52.1 Å². The van der Waals surface area contributed by atoms with Crippen molar-refractivity contribution in [2.75, 3.05) is 6.54 Å². The van der Waals surface area contributed by atoms with Crippen molar-refractivity contribution in [3.63, 3.8) is 0 Å². The molecule has 10 heteroatoms. The normalized spacial score (nSPS) is 19.3. The molecule has 0 aliphatic carbocycles. The second-order valence-corrected chi connectivity index (χ2v) is 8.24. The van der Waals surface area contributed by atoms with Crippen LogP contribution in [0.5, 0.6) is 0 Å². The van der Waals surface area contributed by atoms with Crippen molar-refractivity contribution in [1.82, 2.24) is 35.3 Å². The number of hydrogen-bond acceptors (Lipinski definition) is 7. The number of nitrogens with zero attached hydrogens (tertiary/aromatic N) is 7. The van der Waals surface area contributed by atoms with Gasteiger partial charge < -0.3 is 9.32 Å². The largest absolute Gasteiger partial charge is 0.425 e. The molecule has 0 bridgehead atoms. The van der Waals surface area contributed by atoms with E-state index in [-0.39, 0.29) is 17.9 Å². The van der Waals surface area contributed by atoms with Gasteiger partial charge in [-0.3, -0.25) is 4.79 Å². The number of tetrazole rings is 1. The molecule has 1 amide bonds. The second kappa shape index (κ2) is 8.97.